The van der Waals surface area contributed by atoms with Gasteiger partial charge in [-0.1, -0.05) is 181 Å². The van der Waals surface area contributed by atoms with Gasteiger partial charge in [0.05, 0.1) is 0 Å². The molecule has 0 saturated heterocycles. The SMILES string of the molecule is CCCCCCCCCCCCCCCCc1cc[n+](C)cc1CCCCCCCCCCCCCCCC. The largest absolute Gasteiger partial charge is 0.208 e. The van der Waals surface area contributed by atoms with E-state index in [2.05, 4.69) is 43.9 Å². The molecule has 0 unspecified atom stereocenters. The highest BCUT2D eigenvalue weighted by Crippen LogP contribution is 2.18. The summed E-state index contributed by atoms with van der Waals surface area (Å²) in [6.07, 6.45) is 47.6. The molecule has 1 aromatic heterocycles. The second-order valence-corrected chi connectivity index (χ2v) is 12.9. The summed E-state index contributed by atoms with van der Waals surface area (Å²) < 4.78 is 2.26. The van der Waals surface area contributed by atoms with Crippen molar-refractivity contribution in [3.05, 3.63) is 29.6 Å². The highest BCUT2D eigenvalue weighted by molar-refractivity contribution is 5.21. The number of aromatic nitrogens is 1. The van der Waals surface area contributed by atoms with Gasteiger partial charge in [0, 0.05) is 11.6 Å². The van der Waals surface area contributed by atoms with Crippen molar-refractivity contribution in [1.82, 2.24) is 0 Å². The van der Waals surface area contributed by atoms with E-state index in [-0.39, 0.29) is 0 Å². The molecular weight excluding hydrogens is 470 g/mol. The van der Waals surface area contributed by atoms with Crippen LogP contribution in [0.25, 0.3) is 0 Å². The fraction of sp³-hybridized carbons (Fsp3) is 0.868. The van der Waals surface area contributed by atoms with Crippen LogP contribution in [0.4, 0.5) is 0 Å². The van der Waals surface area contributed by atoms with E-state index in [9.17, 15) is 0 Å². The zero-order chi connectivity index (χ0) is 28.1. The highest BCUT2D eigenvalue weighted by atomic mass is 14.9. The lowest BCUT2D eigenvalue weighted by atomic mass is 9.97. The van der Waals surface area contributed by atoms with Crippen molar-refractivity contribution < 1.29 is 4.57 Å². The van der Waals surface area contributed by atoms with Crippen LogP contribution in [0.15, 0.2) is 18.5 Å². The predicted molar refractivity (Wildman–Crippen MR) is 176 cm³/mol. The number of pyridine rings is 1. The average Bonchev–Trinajstić information content (AvgIpc) is 2.94. The van der Waals surface area contributed by atoms with E-state index in [1.807, 2.05) is 0 Å². The van der Waals surface area contributed by atoms with Gasteiger partial charge in [0.25, 0.3) is 0 Å². The Kier molecular flexibility index (Phi) is 26.6. The molecule has 0 saturated carbocycles. The van der Waals surface area contributed by atoms with Gasteiger partial charge in [0.1, 0.15) is 7.05 Å². The molecule has 0 N–H and O–H groups in total. The van der Waals surface area contributed by atoms with Gasteiger partial charge in [-0.05, 0) is 31.2 Å². The van der Waals surface area contributed by atoms with Crippen LogP contribution in [0, 0.1) is 0 Å². The molecule has 0 aliphatic heterocycles. The lowest BCUT2D eigenvalue weighted by molar-refractivity contribution is -0.672. The van der Waals surface area contributed by atoms with Crippen LogP contribution in [0.5, 0.6) is 0 Å². The van der Waals surface area contributed by atoms with Crippen molar-refractivity contribution >= 4 is 0 Å². The third-order valence-corrected chi connectivity index (χ3v) is 8.88. The van der Waals surface area contributed by atoms with Gasteiger partial charge in [-0.25, -0.2) is 4.57 Å². The molecule has 0 aliphatic carbocycles. The molecule has 0 bridgehead atoms. The monoisotopic (exact) mass is 543 g/mol. The Morgan fingerprint density at radius 2 is 0.667 bits per heavy atom. The Labute approximate surface area is 247 Å². The van der Waals surface area contributed by atoms with Crippen molar-refractivity contribution in [2.45, 2.75) is 206 Å². The maximum absolute atomic E-state index is 2.40. The lowest BCUT2D eigenvalue weighted by Gasteiger charge is -2.08. The average molecular weight is 543 g/mol. The zero-order valence-electron chi connectivity index (χ0n) is 27.4. The maximum Gasteiger partial charge on any atom is 0.171 e. The van der Waals surface area contributed by atoms with Gasteiger partial charge in [-0.2, -0.15) is 0 Å². The van der Waals surface area contributed by atoms with Gasteiger partial charge >= 0.3 is 0 Å². The van der Waals surface area contributed by atoms with Gasteiger partial charge in [0.15, 0.2) is 12.4 Å². The number of nitrogens with zero attached hydrogens (tertiary/aromatic N) is 1. The normalized spacial score (nSPS) is 11.5. The van der Waals surface area contributed by atoms with E-state index >= 15 is 0 Å². The first-order chi connectivity index (χ1) is 19.3. The van der Waals surface area contributed by atoms with Gasteiger partial charge in [-0.15, -0.1) is 0 Å². The Hall–Kier alpha value is -0.850. The molecule has 0 spiro atoms. The summed E-state index contributed by atoms with van der Waals surface area (Å²) in [6, 6.07) is 2.40. The van der Waals surface area contributed by atoms with Crippen molar-refractivity contribution in [2.75, 3.05) is 0 Å². The molecule has 1 heteroatoms. The first-order valence-electron chi connectivity index (χ1n) is 18.2. The second kappa shape index (κ2) is 28.7. The van der Waals surface area contributed by atoms with Gasteiger partial charge < -0.3 is 0 Å². The summed E-state index contributed by atoms with van der Waals surface area (Å²) >= 11 is 0. The standard InChI is InChI=1S/C38H72N/c1-4-6-8-10-12-14-16-18-20-22-24-26-28-30-32-37-34-35-39(3)36-38(37)33-31-29-27-25-23-21-19-17-15-13-11-9-7-5-2/h34-36H,4-33H2,1-3H3/q+1. The topological polar surface area (TPSA) is 3.88 Å². The first-order valence-corrected chi connectivity index (χ1v) is 18.2. The van der Waals surface area contributed by atoms with Gasteiger partial charge in [0.2, 0.25) is 0 Å². The summed E-state index contributed by atoms with van der Waals surface area (Å²) in [5, 5.41) is 0. The third-order valence-electron chi connectivity index (χ3n) is 8.88. The van der Waals surface area contributed by atoms with E-state index in [4.69, 9.17) is 0 Å². The summed E-state index contributed by atoms with van der Waals surface area (Å²) in [7, 11) is 2.19. The smallest absolute Gasteiger partial charge is 0.171 e. The number of aryl methyl sites for hydroxylation is 3. The zero-order valence-corrected chi connectivity index (χ0v) is 27.4. The second-order valence-electron chi connectivity index (χ2n) is 12.9. The Bertz CT molecular complexity index is 621. The predicted octanol–water partition coefficient (Wildman–Crippen LogP) is 12.6. The maximum atomic E-state index is 2.40. The van der Waals surface area contributed by atoms with Crippen LogP contribution < -0.4 is 4.57 Å². The molecule has 0 aliphatic rings. The quantitative estimate of drug-likeness (QED) is 0.0672. The minimum absolute atomic E-state index is 1.28. The van der Waals surface area contributed by atoms with Crippen molar-refractivity contribution in [1.29, 1.82) is 0 Å². The Balaban J connectivity index is 1.99. The molecule has 0 fully saturated rings. The molecule has 228 valence electrons. The molecule has 39 heavy (non-hydrogen) atoms. The van der Waals surface area contributed by atoms with Crippen LogP contribution in [0.1, 0.15) is 205 Å². The minimum atomic E-state index is 1.28. The van der Waals surface area contributed by atoms with Crippen molar-refractivity contribution in [2.24, 2.45) is 7.05 Å². The summed E-state index contributed by atoms with van der Waals surface area (Å²) in [4.78, 5) is 0. The third kappa shape index (κ3) is 23.5. The summed E-state index contributed by atoms with van der Waals surface area (Å²) in [5.41, 5.74) is 3.25. The van der Waals surface area contributed by atoms with Crippen LogP contribution in [0.3, 0.4) is 0 Å². The fourth-order valence-corrected chi connectivity index (χ4v) is 6.18. The van der Waals surface area contributed by atoms with Crippen LogP contribution >= 0.6 is 0 Å². The molecule has 0 aromatic carbocycles. The Morgan fingerprint density at radius 1 is 0.385 bits per heavy atom. The molecule has 0 radical (unpaired) electrons. The molecule has 1 heterocycles. The first kappa shape index (κ1) is 36.2. The number of hydrogen-bond acceptors (Lipinski definition) is 0. The Morgan fingerprint density at radius 3 is 1.00 bits per heavy atom. The molecular formula is C38H72N+. The lowest BCUT2D eigenvalue weighted by Crippen LogP contribution is -2.27. The molecule has 0 atom stereocenters. The minimum Gasteiger partial charge on any atom is -0.208 e. The number of hydrogen-bond donors (Lipinski definition) is 0. The fourth-order valence-electron chi connectivity index (χ4n) is 6.18. The van der Waals surface area contributed by atoms with E-state index in [1.165, 1.54) is 193 Å². The summed E-state index contributed by atoms with van der Waals surface area (Å²) in [6.45, 7) is 4.61. The highest BCUT2D eigenvalue weighted by Gasteiger charge is 2.07. The molecule has 1 nitrogen and oxygen atoms in total. The van der Waals surface area contributed by atoms with Crippen molar-refractivity contribution in [3.8, 4) is 0 Å². The molecule has 0 amide bonds. The van der Waals surface area contributed by atoms with Crippen LogP contribution in [-0.4, -0.2) is 0 Å². The van der Waals surface area contributed by atoms with Gasteiger partial charge in [-0.3, -0.25) is 0 Å². The van der Waals surface area contributed by atoms with Crippen molar-refractivity contribution in [3.63, 3.8) is 0 Å². The molecule has 1 rings (SSSR count). The van der Waals surface area contributed by atoms with E-state index in [0.717, 1.165) is 0 Å². The van der Waals surface area contributed by atoms with Crippen LogP contribution in [-0.2, 0) is 19.9 Å². The van der Waals surface area contributed by atoms with E-state index in [1.54, 1.807) is 11.1 Å². The van der Waals surface area contributed by atoms with E-state index in [0.29, 0.717) is 0 Å². The molecule has 1 aromatic rings. The number of rotatable bonds is 30. The summed E-state index contributed by atoms with van der Waals surface area (Å²) in [5.74, 6) is 0. The number of unbranched alkanes of at least 4 members (excludes halogenated alkanes) is 26. The van der Waals surface area contributed by atoms with Crippen LogP contribution in [0.2, 0.25) is 0 Å². The van der Waals surface area contributed by atoms with E-state index < -0.39 is 0 Å².